The highest BCUT2D eigenvalue weighted by molar-refractivity contribution is 5.94. The van der Waals surface area contributed by atoms with E-state index in [-0.39, 0.29) is 23.6 Å². The van der Waals surface area contributed by atoms with Crippen LogP contribution in [0.5, 0.6) is 11.5 Å². The van der Waals surface area contributed by atoms with E-state index in [4.69, 9.17) is 5.11 Å². The Morgan fingerprint density at radius 1 is 1.05 bits per heavy atom. The number of aromatic hydroxyl groups is 2. The molecule has 110 valence electrons. The quantitative estimate of drug-likeness (QED) is 0.758. The minimum Gasteiger partial charge on any atom is -0.504 e. The van der Waals surface area contributed by atoms with Gasteiger partial charge in [0.15, 0.2) is 11.5 Å². The summed E-state index contributed by atoms with van der Waals surface area (Å²) in [6.07, 6.45) is 0.372. The van der Waals surface area contributed by atoms with E-state index in [1.54, 1.807) is 6.07 Å². The molecular formula is C15H13F2NO3. The number of nitrogens with one attached hydrogen (secondary N) is 1. The average molecular weight is 293 g/mol. The Labute approximate surface area is 119 Å². The molecule has 0 saturated carbocycles. The standard InChI is InChI=1S/C15H13F2NO3/c16-10-2-3-12(17)11(8-10)15(21)18-6-5-9-1-4-13(19)14(20)7-9/h1-4,7-8,19-20H,5-6H2,(H,18,21). The van der Waals surface area contributed by atoms with E-state index in [1.807, 2.05) is 0 Å². The van der Waals surface area contributed by atoms with Crippen LogP contribution in [0.15, 0.2) is 36.4 Å². The van der Waals surface area contributed by atoms with Crippen LogP contribution in [0.4, 0.5) is 8.78 Å². The van der Waals surface area contributed by atoms with Gasteiger partial charge in [-0.05, 0) is 42.3 Å². The van der Waals surface area contributed by atoms with Crippen molar-refractivity contribution >= 4 is 5.91 Å². The van der Waals surface area contributed by atoms with Gasteiger partial charge in [0.2, 0.25) is 0 Å². The third-order valence-corrected chi connectivity index (χ3v) is 2.91. The molecule has 1 amide bonds. The van der Waals surface area contributed by atoms with Crippen LogP contribution < -0.4 is 5.32 Å². The predicted molar refractivity (Wildman–Crippen MR) is 72.2 cm³/mol. The van der Waals surface area contributed by atoms with E-state index >= 15 is 0 Å². The lowest BCUT2D eigenvalue weighted by molar-refractivity contribution is 0.0949. The molecule has 0 radical (unpaired) electrons. The molecular weight excluding hydrogens is 280 g/mol. The van der Waals surface area contributed by atoms with Crippen molar-refractivity contribution in [2.24, 2.45) is 0 Å². The summed E-state index contributed by atoms with van der Waals surface area (Å²) in [6, 6.07) is 6.94. The Morgan fingerprint density at radius 3 is 2.52 bits per heavy atom. The minimum absolute atomic E-state index is 0.180. The summed E-state index contributed by atoms with van der Waals surface area (Å²) in [5.41, 5.74) is 0.328. The molecule has 0 aliphatic carbocycles. The van der Waals surface area contributed by atoms with E-state index in [9.17, 15) is 18.7 Å². The molecule has 0 unspecified atom stereocenters. The van der Waals surface area contributed by atoms with Crippen LogP contribution >= 0.6 is 0 Å². The Hall–Kier alpha value is -2.63. The first-order valence-corrected chi connectivity index (χ1v) is 6.21. The molecule has 0 aliphatic rings. The number of benzene rings is 2. The largest absolute Gasteiger partial charge is 0.504 e. The van der Waals surface area contributed by atoms with Crippen LogP contribution in [0.2, 0.25) is 0 Å². The number of phenols is 2. The predicted octanol–water partition coefficient (Wildman–Crippen LogP) is 2.35. The van der Waals surface area contributed by atoms with Gasteiger partial charge in [-0.25, -0.2) is 8.78 Å². The lowest BCUT2D eigenvalue weighted by Crippen LogP contribution is -2.26. The average Bonchev–Trinajstić information content (AvgIpc) is 2.45. The number of hydrogen-bond acceptors (Lipinski definition) is 3. The molecule has 0 saturated heterocycles. The highest BCUT2D eigenvalue weighted by Crippen LogP contribution is 2.24. The third kappa shape index (κ3) is 3.68. The zero-order valence-corrected chi connectivity index (χ0v) is 10.9. The van der Waals surface area contributed by atoms with E-state index in [1.165, 1.54) is 12.1 Å². The first kappa shape index (κ1) is 14.8. The van der Waals surface area contributed by atoms with E-state index in [2.05, 4.69) is 5.32 Å². The van der Waals surface area contributed by atoms with Gasteiger partial charge in [-0.2, -0.15) is 0 Å². The molecule has 4 nitrogen and oxygen atoms in total. The molecule has 2 aromatic rings. The molecule has 0 aromatic heterocycles. The fraction of sp³-hybridized carbons (Fsp3) is 0.133. The van der Waals surface area contributed by atoms with Gasteiger partial charge < -0.3 is 15.5 Å². The fourth-order valence-electron chi connectivity index (χ4n) is 1.81. The number of hydrogen-bond donors (Lipinski definition) is 3. The van der Waals surface area contributed by atoms with Gasteiger partial charge in [0, 0.05) is 6.54 Å². The summed E-state index contributed by atoms with van der Waals surface area (Å²) < 4.78 is 26.4. The number of carbonyl (C=O) groups excluding carboxylic acids is 1. The van der Waals surface area contributed by atoms with Gasteiger partial charge in [-0.15, -0.1) is 0 Å². The molecule has 2 rings (SSSR count). The van der Waals surface area contributed by atoms with Crippen LogP contribution in [0.25, 0.3) is 0 Å². The smallest absolute Gasteiger partial charge is 0.254 e. The highest BCUT2D eigenvalue weighted by Gasteiger charge is 2.12. The molecule has 0 spiro atoms. The zero-order valence-electron chi connectivity index (χ0n) is 10.9. The molecule has 2 aromatic carbocycles. The topological polar surface area (TPSA) is 69.6 Å². The normalized spacial score (nSPS) is 10.4. The minimum atomic E-state index is -0.795. The first-order chi connectivity index (χ1) is 9.97. The Morgan fingerprint density at radius 2 is 1.81 bits per heavy atom. The number of phenolic OH excluding ortho intramolecular Hbond substituents is 2. The van der Waals surface area contributed by atoms with Crippen LogP contribution in [0, 0.1) is 11.6 Å². The summed E-state index contributed by atoms with van der Waals surface area (Å²) in [6.45, 7) is 0.180. The van der Waals surface area contributed by atoms with Crippen molar-refractivity contribution in [3.05, 3.63) is 59.2 Å². The second-order valence-electron chi connectivity index (χ2n) is 4.45. The van der Waals surface area contributed by atoms with Crippen molar-refractivity contribution in [1.29, 1.82) is 0 Å². The van der Waals surface area contributed by atoms with Crippen molar-refractivity contribution in [2.45, 2.75) is 6.42 Å². The van der Waals surface area contributed by atoms with Crippen molar-refractivity contribution in [3.63, 3.8) is 0 Å². The third-order valence-electron chi connectivity index (χ3n) is 2.91. The monoisotopic (exact) mass is 293 g/mol. The van der Waals surface area contributed by atoms with Gasteiger partial charge in [0.1, 0.15) is 11.6 Å². The maximum Gasteiger partial charge on any atom is 0.254 e. The van der Waals surface area contributed by atoms with Gasteiger partial charge in [-0.3, -0.25) is 4.79 Å². The number of amides is 1. The number of rotatable bonds is 4. The first-order valence-electron chi connectivity index (χ1n) is 6.21. The summed E-state index contributed by atoms with van der Waals surface area (Å²) in [4.78, 5) is 11.7. The molecule has 0 bridgehead atoms. The van der Waals surface area contributed by atoms with Crippen LogP contribution in [-0.2, 0) is 6.42 Å². The lowest BCUT2D eigenvalue weighted by Gasteiger charge is -2.07. The highest BCUT2D eigenvalue weighted by atomic mass is 19.1. The van der Waals surface area contributed by atoms with Crippen molar-refractivity contribution in [1.82, 2.24) is 5.32 Å². The molecule has 0 heterocycles. The van der Waals surface area contributed by atoms with Gasteiger partial charge >= 0.3 is 0 Å². The molecule has 6 heteroatoms. The summed E-state index contributed by atoms with van der Waals surface area (Å²) in [5.74, 6) is -2.68. The lowest BCUT2D eigenvalue weighted by atomic mass is 10.1. The van der Waals surface area contributed by atoms with Crippen molar-refractivity contribution in [2.75, 3.05) is 6.54 Å². The zero-order chi connectivity index (χ0) is 15.4. The van der Waals surface area contributed by atoms with Crippen LogP contribution in [0.3, 0.4) is 0 Å². The van der Waals surface area contributed by atoms with E-state index in [0.29, 0.717) is 12.0 Å². The SMILES string of the molecule is O=C(NCCc1ccc(O)c(O)c1)c1cc(F)ccc1F. The second-order valence-corrected chi connectivity index (χ2v) is 4.45. The number of carbonyl (C=O) groups is 1. The molecule has 21 heavy (non-hydrogen) atoms. The Kier molecular flexibility index (Phi) is 4.37. The van der Waals surface area contributed by atoms with E-state index < -0.39 is 17.5 Å². The maximum absolute atomic E-state index is 13.4. The molecule has 0 aliphatic heterocycles. The van der Waals surface area contributed by atoms with Crippen LogP contribution in [0.1, 0.15) is 15.9 Å². The van der Waals surface area contributed by atoms with E-state index in [0.717, 1.165) is 18.2 Å². The van der Waals surface area contributed by atoms with Gasteiger partial charge in [0.05, 0.1) is 5.56 Å². The summed E-state index contributed by atoms with van der Waals surface area (Å²) in [7, 11) is 0. The second kappa shape index (κ2) is 6.21. The van der Waals surface area contributed by atoms with Gasteiger partial charge in [0.25, 0.3) is 5.91 Å². The Balaban J connectivity index is 1.95. The molecule has 3 N–H and O–H groups in total. The molecule has 0 atom stereocenters. The number of halogens is 2. The van der Waals surface area contributed by atoms with Crippen molar-refractivity contribution in [3.8, 4) is 11.5 Å². The van der Waals surface area contributed by atoms with Gasteiger partial charge in [-0.1, -0.05) is 6.07 Å². The summed E-state index contributed by atoms with van der Waals surface area (Å²) >= 11 is 0. The molecule has 0 fully saturated rings. The summed E-state index contributed by atoms with van der Waals surface area (Å²) in [5, 5.41) is 21.0. The maximum atomic E-state index is 13.4. The fourth-order valence-corrected chi connectivity index (χ4v) is 1.81. The van der Waals surface area contributed by atoms with Crippen molar-refractivity contribution < 1.29 is 23.8 Å². The Bertz CT molecular complexity index is 674. The van der Waals surface area contributed by atoms with Crippen LogP contribution in [-0.4, -0.2) is 22.7 Å².